The van der Waals surface area contributed by atoms with E-state index in [0.717, 1.165) is 10.6 Å². The smallest absolute Gasteiger partial charge is 0.443 e. The Labute approximate surface area is 211 Å². The molecule has 0 saturated heterocycles. The molecule has 1 aromatic carbocycles. The van der Waals surface area contributed by atoms with Gasteiger partial charge in [0.2, 0.25) is 11.6 Å². The zero-order chi connectivity index (χ0) is 26.3. The van der Waals surface area contributed by atoms with E-state index in [2.05, 4.69) is 41.4 Å². The lowest BCUT2D eigenvalue weighted by atomic mass is 9.87. The van der Waals surface area contributed by atoms with Crippen molar-refractivity contribution in [1.29, 1.82) is 0 Å². The predicted octanol–water partition coefficient (Wildman–Crippen LogP) is 2.08. The van der Waals surface area contributed by atoms with Crippen molar-refractivity contribution in [1.82, 2.24) is 29.5 Å². The van der Waals surface area contributed by atoms with Crippen molar-refractivity contribution in [3.05, 3.63) is 39.0 Å². The van der Waals surface area contributed by atoms with Crippen molar-refractivity contribution in [2.75, 3.05) is 5.32 Å². The molecule has 1 aliphatic rings. The number of amides is 1. The molecule has 0 radical (unpaired) electrons. The molecule has 0 aliphatic heterocycles. The zero-order valence-corrected chi connectivity index (χ0v) is 21.5. The minimum atomic E-state index is -4.13. The van der Waals surface area contributed by atoms with Crippen LogP contribution in [0.4, 0.5) is 15.0 Å². The molecular weight excluding hydrogens is 569 g/mol. The van der Waals surface area contributed by atoms with Gasteiger partial charge in [0.1, 0.15) is 11.4 Å². The van der Waals surface area contributed by atoms with E-state index >= 15 is 0 Å². The van der Waals surface area contributed by atoms with Crippen LogP contribution >= 0.6 is 15.9 Å². The van der Waals surface area contributed by atoms with E-state index in [1.165, 1.54) is 12.1 Å². The van der Waals surface area contributed by atoms with Crippen LogP contribution in [0.15, 0.2) is 36.6 Å². The van der Waals surface area contributed by atoms with Gasteiger partial charge in [-0.3, -0.25) is 4.52 Å². The highest BCUT2D eigenvalue weighted by atomic mass is 79.9. The van der Waals surface area contributed by atoms with Gasteiger partial charge in [-0.05, 0) is 78.1 Å². The summed E-state index contributed by atoms with van der Waals surface area (Å²) in [7, 11) is -4.13. The summed E-state index contributed by atoms with van der Waals surface area (Å²) in [5.41, 5.74) is -0.540. The third-order valence-corrected chi connectivity index (χ3v) is 6.57. The van der Waals surface area contributed by atoms with Crippen LogP contribution in [-0.2, 0) is 14.9 Å². The van der Waals surface area contributed by atoms with Crippen molar-refractivity contribution in [3.63, 3.8) is 0 Å². The molecule has 1 saturated carbocycles. The summed E-state index contributed by atoms with van der Waals surface area (Å²) in [4.78, 5) is 24.0. The Kier molecular flexibility index (Phi) is 6.89. The second kappa shape index (κ2) is 9.62. The van der Waals surface area contributed by atoms with Gasteiger partial charge in [0.05, 0.1) is 10.2 Å². The summed E-state index contributed by atoms with van der Waals surface area (Å²) < 4.78 is 57.8. The molecule has 0 bridgehead atoms. The first-order chi connectivity index (χ1) is 16.8. The van der Waals surface area contributed by atoms with Crippen molar-refractivity contribution in [2.45, 2.75) is 51.3 Å². The van der Waals surface area contributed by atoms with Gasteiger partial charge in [-0.1, -0.05) is 5.16 Å². The summed E-state index contributed by atoms with van der Waals surface area (Å²) in [5, 5.41) is 14.4. The summed E-state index contributed by atoms with van der Waals surface area (Å²) in [6.45, 7) is 4.83. The highest BCUT2D eigenvalue weighted by Gasteiger charge is 2.35. The molecule has 4 rings (SSSR count). The Morgan fingerprint density at radius 1 is 1.22 bits per heavy atom. The number of hydrogen-bond acceptors (Lipinski definition) is 11. The standard InChI is InChI=1S/C19H21BrFN7O7S/c1-19(2,3)33-17(29)27-36(31,32)26-10-6-9(7-10)22-15-14(23-35-24-15)16-25-34-18(30)28(16)11-4-5-13(21)12(20)8-11/h4-5,8-10,26H,6-7H2,1-3H3,(H,22,24)(H,27,29). The first-order valence-electron chi connectivity index (χ1n) is 10.5. The zero-order valence-electron chi connectivity index (χ0n) is 19.1. The number of aromatic nitrogens is 4. The SMILES string of the molecule is CC(C)(C)OC(=O)NS(=O)(=O)NC1CC(Nc2nonc2-c2noc(=O)n2-c2ccc(F)c(Br)c2)C1. The average Bonchev–Trinajstić information content (AvgIpc) is 3.32. The van der Waals surface area contributed by atoms with Crippen LogP contribution in [-0.4, -0.2) is 52.2 Å². The van der Waals surface area contributed by atoms with E-state index in [9.17, 15) is 22.4 Å². The van der Waals surface area contributed by atoms with Gasteiger partial charge >= 0.3 is 22.1 Å². The summed E-state index contributed by atoms with van der Waals surface area (Å²) in [6.07, 6.45) is -0.398. The average molecular weight is 590 g/mol. The van der Waals surface area contributed by atoms with E-state index in [1.54, 1.807) is 25.5 Å². The number of ether oxygens (including phenoxy) is 1. The number of carbonyl (C=O) groups excluding carboxylic acids is 1. The van der Waals surface area contributed by atoms with E-state index in [0.29, 0.717) is 12.8 Å². The molecule has 14 nitrogen and oxygen atoms in total. The fourth-order valence-electron chi connectivity index (χ4n) is 3.36. The Bertz CT molecular complexity index is 1440. The fourth-order valence-corrected chi connectivity index (χ4v) is 4.68. The molecule has 0 spiro atoms. The third kappa shape index (κ3) is 5.90. The third-order valence-electron chi connectivity index (χ3n) is 4.88. The number of nitrogens with one attached hydrogen (secondary N) is 3. The minimum Gasteiger partial charge on any atom is -0.443 e. The van der Waals surface area contributed by atoms with Crippen LogP contribution in [0.25, 0.3) is 17.2 Å². The molecule has 17 heteroatoms. The minimum absolute atomic E-state index is 0.0413. The van der Waals surface area contributed by atoms with Crippen molar-refractivity contribution in [3.8, 4) is 17.2 Å². The Morgan fingerprint density at radius 2 is 1.94 bits per heavy atom. The van der Waals surface area contributed by atoms with Gasteiger partial charge < -0.3 is 10.1 Å². The van der Waals surface area contributed by atoms with E-state index < -0.39 is 39.5 Å². The van der Waals surface area contributed by atoms with Gasteiger partial charge in [-0.2, -0.15) is 13.1 Å². The summed E-state index contributed by atoms with van der Waals surface area (Å²) in [5.74, 6) is -1.27. The van der Waals surface area contributed by atoms with E-state index in [4.69, 9.17) is 13.9 Å². The molecular formula is C19H21BrFN7O7S. The summed E-state index contributed by atoms with van der Waals surface area (Å²) in [6, 6.07) is 3.18. The van der Waals surface area contributed by atoms with Crippen molar-refractivity contribution < 1.29 is 31.5 Å². The predicted molar refractivity (Wildman–Crippen MR) is 125 cm³/mol. The van der Waals surface area contributed by atoms with Crippen LogP contribution in [0.5, 0.6) is 0 Å². The molecule has 2 aromatic heterocycles. The first kappa shape index (κ1) is 25.8. The largest absolute Gasteiger partial charge is 0.446 e. The van der Waals surface area contributed by atoms with Crippen LogP contribution in [0.3, 0.4) is 0 Å². The molecule has 0 atom stereocenters. The van der Waals surface area contributed by atoms with E-state index in [-0.39, 0.29) is 33.5 Å². The Balaban J connectivity index is 1.41. The molecule has 36 heavy (non-hydrogen) atoms. The number of rotatable bonds is 7. The van der Waals surface area contributed by atoms with Crippen molar-refractivity contribution in [2.24, 2.45) is 0 Å². The van der Waals surface area contributed by atoms with Gasteiger partial charge in [0.15, 0.2) is 5.69 Å². The highest BCUT2D eigenvalue weighted by molar-refractivity contribution is 9.10. The van der Waals surface area contributed by atoms with E-state index in [1.807, 2.05) is 0 Å². The fraction of sp³-hybridized carbons (Fsp3) is 0.421. The molecule has 194 valence electrons. The van der Waals surface area contributed by atoms with Gasteiger partial charge in [0, 0.05) is 12.1 Å². The Hall–Kier alpha value is -3.31. The maximum absolute atomic E-state index is 13.6. The monoisotopic (exact) mass is 589 g/mol. The molecule has 1 fully saturated rings. The molecule has 1 amide bonds. The second-order valence-corrected chi connectivity index (χ2v) is 11.2. The lowest BCUT2D eigenvalue weighted by molar-refractivity contribution is 0.0569. The Morgan fingerprint density at radius 3 is 2.61 bits per heavy atom. The number of anilines is 1. The second-order valence-electron chi connectivity index (χ2n) is 8.90. The maximum atomic E-state index is 13.6. The maximum Gasteiger partial charge on any atom is 0.446 e. The quantitative estimate of drug-likeness (QED) is 0.366. The van der Waals surface area contributed by atoms with Crippen molar-refractivity contribution >= 4 is 38.1 Å². The highest BCUT2D eigenvalue weighted by Crippen LogP contribution is 2.30. The lowest BCUT2D eigenvalue weighted by Crippen LogP contribution is -2.53. The molecule has 3 aromatic rings. The molecule has 3 N–H and O–H groups in total. The number of benzene rings is 1. The number of carbonyl (C=O) groups is 1. The lowest BCUT2D eigenvalue weighted by Gasteiger charge is -2.35. The normalized spacial score (nSPS) is 17.9. The number of halogens is 2. The van der Waals surface area contributed by atoms with Crippen LogP contribution in [0.1, 0.15) is 33.6 Å². The van der Waals surface area contributed by atoms with Crippen LogP contribution in [0.2, 0.25) is 0 Å². The molecule has 1 aliphatic carbocycles. The van der Waals surface area contributed by atoms with Gasteiger partial charge in [-0.15, -0.1) is 0 Å². The first-order valence-corrected chi connectivity index (χ1v) is 12.8. The van der Waals surface area contributed by atoms with Crippen LogP contribution in [0, 0.1) is 5.82 Å². The van der Waals surface area contributed by atoms with Gasteiger partial charge in [-0.25, -0.2) is 27.9 Å². The number of nitrogens with zero attached hydrogens (tertiary/aromatic N) is 4. The molecule has 0 unspecified atom stereocenters. The van der Waals surface area contributed by atoms with Gasteiger partial charge in [0.25, 0.3) is 0 Å². The summed E-state index contributed by atoms with van der Waals surface area (Å²) >= 11 is 3.07. The topological polar surface area (TPSA) is 183 Å². The molecule has 2 heterocycles. The van der Waals surface area contributed by atoms with Crippen LogP contribution < -0.4 is 20.5 Å². The number of hydrogen-bond donors (Lipinski definition) is 3.